The van der Waals surface area contributed by atoms with Gasteiger partial charge in [0.2, 0.25) is 0 Å². The van der Waals surface area contributed by atoms with Gasteiger partial charge in [-0.05, 0) is 63.1 Å². The van der Waals surface area contributed by atoms with Crippen molar-refractivity contribution < 1.29 is 14.6 Å². The Morgan fingerprint density at radius 1 is 1.11 bits per heavy atom. The lowest BCUT2D eigenvalue weighted by molar-refractivity contribution is -0.160. The first-order chi connectivity index (χ1) is 17.0. The maximum Gasteiger partial charge on any atom is 0.337 e. The highest BCUT2D eigenvalue weighted by Gasteiger charge is 2.32. The van der Waals surface area contributed by atoms with Crippen LogP contribution >= 0.6 is 22.9 Å². The Kier molecular flexibility index (Phi) is 6.11. The predicted molar refractivity (Wildman–Crippen MR) is 146 cm³/mol. The molecule has 0 fully saturated rings. The van der Waals surface area contributed by atoms with Crippen LogP contribution in [0.4, 0.5) is 0 Å². The first-order valence-electron chi connectivity index (χ1n) is 11.5. The van der Waals surface area contributed by atoms with Crippen LogP contribution in [-0.4, -0.2) is 31.4 Å². The van der Waals surface area contributed by atoms with E-state index in [0.29, 0.717) is 10.6 Å². The molecule has 0 aliphatic heterocycles. The molecule has 0 spiro atoms. The van der Waals surface area contributed by atoms with Gasteiger partial charge in [0.15, 0.2) is 6.10 Å². The second kappa shape index (κ2) is 9.00. The lowest BCUT2D eigenvalue weighted by Crippen LogP contribution is -2.28. The van der Waals surface area contributed by atoms with Gasteiger partial charge in [-0.2, -0.15) is 5.10 Å². The molecule has 3 aromatic carbocycles. The number of nitrogens with zero attached hydrogens (tertiary/aromatic N) is 3. The topological polar surface area (TPSA) is 77.2 Å². The standard InChI is InChI=1S/C28H26ClN3O3S/c1-15-12-20-25(36-26(31-20)17-6-7-18-14-30-32(5)21(18)13-17)23(16-8-10-19(29)11-9-16)22(15)24(27(33)34)35-28(2,3)4/h6-14,24H,1-5H3,(H,33,34). The van der Waals surface area contributed by atoms with Gasteiger partial charge in [0.05, 0.1) is 27.5 Å². The van der Waals surface area contributed by atoms with Gasteiger partial charge >= 0.3 is 5.97 Å². The predicted octanol–water partition coefficient (Wildman–Crippen LogP) is 7.42. The number of carbonyl (C=O) groups is 1. The van der Waals surface area contributed by atoms with Crippen molar-refractivity contribution in [3.8, 4) is 21.7 Å². The minimum absolute atomic E-state index is 0.611. The van der Waals surface area contributed by atoms with E-state index in [2.05, 4.69) is 11.2 Å². The quantitative estimate of drug-likeness (QED) is 0.261. The Morgan fingerprint density at radius 2 is 1.81 bits per heavy atom. The number of rotatable bonds is 5. The van der Waals surface area contributed by atoms with Crippen molar-refractivity contribution in [1.29, 1.82) is 0 Å². The summed E-state index contributed by atoms with van der Waals surface area (Å²) in [7, 11) is 1.92. The Hall–Kier alpha value is -3.26. The number of fused-ring (bicyclic) bond motifs is 2. The fraction of sp³-hybridized carbons (Fsp3) is 0.250. The van der Waals surface area contributed by atoms with Gasteiger partial charge < -0.3 is 9.84 Å². The second-order valence-electron chi connectivity index (χ2n) is 9.85. The molecule has 0 saturated carbocycles. The molecule has 0 aliphatic carbocycles. The van der Waals surface area contributed by atoms with Gasteiger partial charge in [0.25, 0.3) is 0 Å². The molecule has 6 nitrogen and oxygen atoms in total. The number of aromatic nitrogens is 3. The molecule has 1 atom stereocenters. The Morgan fingerprint density at radius 3 is 2.47 bits per heavy atom. The van der Waals surface area contributed by atoms with E-state index in [4.69, 9.17) is 21.3 Å². The van der Waals surface area contributed by atoms with Crippen LogP contribution in [0.15, 0.2) is 54.7 Å². The van der Waals surface area contributed by atoms with Gasteiger partial charge in [0.1, 0.15) is 5.01 Å². The third-order valence-electron chi connectivity index (χ3n) is 6.01. The summed E-state index contributed by atoms with van der Waals surface area (Å²) in [5.74, 6) is -1.03. The first-order valence-corrected chi connectivity index (χ1v) is 12.7. The summed E-state index contributed by atoms with van der Waals surface area (Å²) in [5.41, 5.74) is 5.27. The van der Waals surface area contributed by atoms with Crippen LogP contribution in [0.1, 0.15) is 38.0 Å². The average molecular weight is 520 g/mol. The van der Waals surface area contributed by atoms with Crippen molar-refractivity contribution in [1.82, 2.24) is 14.8 Å². The van der Waals surface area contributed by atoms with E-state index in [1.54, 1.807) is 11.3 Å². The van der Waals surface area contributed by atoms with Gasteiger partial charge in [0, 0.05) is 34.1 Å². The van der Waals surface area contributed by atoms with E-state index in [-0.39, 0.29) is 0 Å². The molecule has 1 unspecified atom stereocenters. The maximum atomic E-state index is 12.5. The number of ether oxygens (including phenoxy) is 1. The Balaban J connectivity index is 1.79. The number of aliphatic carboxylic acids is 1. The molecule has 8 heteroatoms. The largest absolute Gasteiger partial charge is 0.479 e. The summed E-state index contributed by atoms with van der Waals surface area (Å²) in [6, 6.07) is 15.6. The molecule has 0 radical (unpaired) electrons. The molecule has 5 rings (SSSR count). The molecule has 2 heterocycles. The summed E-state index contributed by atoms with van der Waals surface area (Å²) in [5, 5.41) is 17.1. The SMILES string of the molecule is Cc1cc2nc(-c3ccc4cnn(C)c4c3)sc2c(-c2ccc(Cl)cc2)c1C(OC(C)(C)C)C(=O)O. The lowest BCUT2D eigenvalue weighted by atomic mass is 9.91. The van der Waals surface area contributed by atoms with Crippen molar-refractivity contribution in [2.24, 2.45) is 7.05 Å². The molecule has 0 aliphatic rings. The highest BCUT2D eigenvalue weighted by molar-refractivity contribution is 7.22. The van der Waals surface area contributed by atoms with E-state index >= 15 is 0 Å². The van der Waals surface area contributed by atoms with Crippen molar-refractivity contribution in [2.45, 2.75) is 39.4 Å². The number of carboxylic acids is 1. The van der Waals surface area contributed by atoms with Gasteiger partial charge in [-0.3, -0.25) is 4.68 Å². The molecule has 1 N–H and O–H groups in total. The summed E-state index contributed by atoms with van der Waals surface area (Å²) in [4.78, 5) is 17.5. The summed E-state index contributed by atoms with van der Waals surface area (Å²) in [6.07, 6.45) is 0.698. The number of halogens is 1. The lowest BCUT2D eigenvalue weighted by Gasteiger charge is -2.28. The van der Waals surface area contributed by atoms with Crippen LogP contribution in [0.25, 0.3) is 42.8 Å². The monoisotopic (exact) mass is 519 g/mol. The first kappa shape index (κ1) is 24.4. The molecule has 0 bridgehead atoms. The maximum absolute atomic E-state index is 12.5. The van der Waals surface area contributed by atoms with Crippen LogP contribution in [0.3, 0.4) is 0 Å². The number of aryl methyl sites for hydroxylation is 2. The normalized spacial score (nSPS) is 12.9. The molecule has 0 saturated heterocycles. The van der Waals surface area contributed by atoms with Crippen molar-refractivity contribution >= 4 is 50.0 Å². The van der Waals surface area contributed by atoms with Crippen molar-refractivity contribution in [3.63, 3.8) is 0 Å². The third kappa shape index (κ3) is 4.50. The van der Waals surface area contributed by atoms with Crippen molar-refractivity contribution in [2.75, 3.05) is 0 Å². The number of hydrogen-bond acceptors (Lipinski definition) is 5. The van der Waals surface area contributed by atoms with E-state index in [1.165, 1.54) is 0 Å². The number of hydrogen-bond donors (Lipinski definition) is 1. The minimum Gasteiger partial charge on any atom is -0.479 e. The van der Waals surface area contributed by atoms with Gasteiger partial charge in [-0.1, -0.05) is 35.9 Å². The fourth-order valence-electron chi connectivity index (χ4n) is 4.44. The number of carboxylic acid groups (broad SMARTS) is 1. The van der Waals surface area contributed by atoms with Crippen LogP contribution in [0, 0.1) is 6.92 Å². The van der Waals surface area contributed by atoms with E-state index in [1.807, 2.05) is 88.1 Å². The molecule has 2 aromatic heterocycles. The summed E-state index contributed by atoms with van der Waals surface area (Å²) >= 11 is 7.73. The molecular formula is C28H26ClN3O3S. The highest BCUT2D eigenvalue weighted by Crippen LogP contribution is 2.44. The zero-order valence-electron chi connectivity index (χ0n) is 20.7. The third-order valence-corrected chi connectivity index (χ3v) is 7.40. The number of benzene rings is 3. The highest BCUT2D eigenvalue weighted by atomic mass is 35.5. The zero-order valence-corrected chi connectivity index (χ0v) is 22.2. The van der Waals surface area contributed by atoms with Gasteiger partial charge in [-0.15, -0.1) is 11.3 Å². The van der Waals surface area contributed by atoms with Crippen LogP contribution < -0.4 is 0 Å². The minimum atomic E-state index is -1.14. The smallest absolute Gasteiger partial charge is 0.337 e. The van der Waals surface area contributed by atoms with Crippen LogP contribution in [0.5, 0.6) is 0 Å². The van der Waals surface area contributed by atoms with Crippen molar-refractivity contribution in [3.05, 3.63) is 70.9 Å². The van der Waals surface area contributed by atoms with Crippen LogP contribution in [0.2, 0.25) is 5.02 Å². The fourth-order valence-corrected chi connectivity index (χ4v) is 5.69. The molecule has 0 amide bonds. The molecule has 184 valence electrons. The summed E-state index contributed by atoms with van der Waals surface area (Å²) in [6.45, 7) is 7.49. The molecule has 36 heavy (non-hydrogen) atoms. The zero-order chi connectivity index (χ0) is 25.8. The summed E-state index contributed by atoms with van der Waals surface area (Å²) < 4.78 is 8.84. The van der Waals surface area contributed by atoms with E-state index < -0.39 is 17.7 Å². The molecular weight excluding hydrogens is 494 g/mol. The second-order valence-corrected chi connectivity index (χ2v) is 11.3. The number of thiazole rings is 1. The Bertz CT molecular complexity index is 1610. The van der Waals surface area contributed by atoms with E-state index in [0.717, 1.165) is 48.4 Å². The van der Waals surface area contributed by atoms with E-state index in [9.17, 15) is 9.90 Å². The Labute approximate surface area is 218 Å². The van der Waals surface area contributed by atoms with Gasteiger partial charge in [-0.25, -0.2) is 9.78 Å². The molecule has 5 aromatic rings. The average Bonchev–Trinajstić information content (AvgIpc) is 3.40. The van der Waals surface area contributed by atoms with Crippen LogP contribution in [-0.2, 0) is 16.6 Å².